The quantitative estimate of drug-likeness (QED) is 0.729. The Morgan fingerprint density at radius 1 is 1.00 bits per heavy atom. The molecule has 0 atom stereocenters. The number of hydrogen-bond donors (Lipinski definition) is 1. The highest BCUT2D eigenvalue weighted by atomic mass is 79.9. The summed E-state index contributed by atoms with van der Waals surface area (Å²) in [6.45, 7) is 0. The number of halogens is 2. The molecule has 5 heteroatoms. The van der Waals surface area contributed by atoms with Crippen LogP contribution in [0.5, 0.6) is 0 Å². The van der Waals surface area contributed by atoms with Gasteiger partial charge in [-0.25, -0.2) is 4.98 Å². The van der Waals surface area contributed by atoms with Gasteiger partial charge in [0.2, 0.25) is 0 Å². The van der Waals surface area contributed by atoms with E-state index in [9.17, 15) is 4.79 Å². The molecule has 3 rings (SSSR count). The van der Waals surface area contributed by atoms with Crippen LogP contribution in [0.3, 0.4) is 0 Å². The summed E-state index contributed by atoms with van der Waals surface area (Å²) < 4.78 is 0.416. The summed E-state index contributed by atoms with van der Waals surface area (Å²) in [5, 5.41) is 0.597. The minimum absolute atomic E-state index is 0.223. The number of rotatable bonds is 2. The van der Waals surface area contributed by atoms with Crippen molar-refractivity contribution in [2.45, 2.75) is 0 Å². The fourth-order valence-corrected chi connectivity index (χ4v) is 2.63. The molecule has 0 aliphatic heterocycles. The van der Waals surface area contributed by atoms with Gasteiger partial charge in [0, 0.05) is 16.1 Å². The molecule has 0 fully saturated rings. The lowest BCUT2D eigenvalue weighted by atomic mass is 10.1. The average Bonchev–Trinajstić information content (AvgIpc) is 2.51. The lowest BCUT2D eigenvalue weighted by Crippen LogP contribution is -2.11. The fraction of sp³-hybridized carbons (Fsp3) is 0. The van der Waals surface area contributed by atoms with Crippen LogP contribution >= 0.6 is 27.5 Å². The van der Waals surface area contributed by atoms with Crippen LogP contribution in [0.4, 0.5) is 0 Å². The normalized spacial score (nSPS) is 10.6. The Hall–Kier alpha value is -1.91. The first-order chi connectivity index (χ1) is 10.1. The summed E-state index contributed by atoms with van der Waals surface area (Å²) in [5.74, 6) is 0.490. The Labute approximate surface area is 134 Å². The molecule has 0 radical (unpaired) electrons. The SMILES string of the molecule is O=c1[nH]c(-c2cccc(Cl)c2)nc(-c2ccccc2)c1Br. The van der Waals surface area contributed by atoms with Crippen molar-refractivity contribution < 1.29 is 0 Å². The predicted octanol–water partition coefficient (Wildman–Crippen LogP) is 4.52. The molecule has 3 aromatic rings. The molecule has 0 saturated heterocycles. The number of hydrogen-bond acceptors (Lipinski definition) is 2. The van der Waals surface area contributed by atoms with Crippen molar-refractivity contribution in [3.8, 4) is 22.6 Å². The molecule has 1 aromatic heterocycles. The van der Waals surface area contributed by atoms with Gasteiger partial charge in [0.05, 0.1) is 5.69 Å². The Balaban J connectivity index is 2.21. The summed E-state index contributed by atoms with van der Waals surface area (Å²) in [4.78, 5) is 19.4. The first-order valence-electron chi connectivity index (χ1n) is 6.26. The average molecular weight is 362 g/mol. The molecule has 0 aliphatic rings. The van der Waals surface area contributed by atoms with E-state index in [0.717, 1.165) is 11.1 Å². The molecule has 0 unspecified atom stereocenters. The van der Waals surface area contributed by atoms with Gasteiger partial charge in [0.1, 0.15) is 10.3 Å². The van der Waals surface area contributed by atoms with Gasteiger partial charge in [-0.15, -0.1) is 0 Å². The highest BCUT2D eigenvalue weighted by Gasteiger charge is 2.12. The molecule has 0 spiro atoms. The second-order valence-corrected chi connectivity index (χ2v) is 5.68. The van der Waals surface area contributed by atoms with E-state index < -0.39 is 0 Å². The van der Waals surface area contributed by atoms with Gasteiger partial charge in [-0.05, 0) is 28.1 Å². The first-order valence-corrected chi connectivity index (χ1v) is 7.43. The van der Waals surface area contributed by atoms with E-state index in [1.165, 1.54) is 0 Å². The number of aromatic nitrogens is 2. The van der Waals surface area contributed by atoms with Crippen LogP contribution in [0, 0.1) is 0 Å². The van der Waals surface area contributed by atoms with E-state index in [1.807, 2.05) is 42.5 Å². The Kier molecular flexibility index (Phi) is 3.90. The summed E-state index contributed by atoms with van der Waals surface area (Å²) in [7, 11) is 0. The van der Waals surface area contributed by atoms with Crippen LogP contribution < -0.4 is 5.56 Å². The standard InChI is InChI=1S/C16H10BrClN2O/c17-13-14(10-5-2-1-3-6-10)19-15(20-16(13)21)11-7-4-8-12(18)9-11/h1-9H,(H,19,20,21). The van der Waals surface area contributed by atoms with E-state index >= 15 is 0 Å². The van der Waals surface area contributed by atoms with Gasteiger partial charge in [-0.1, -0.05) is 54.1 Å². The second kappa shape index (κ2) is 5.84. The van der Waals surface area contributed by atoms with E-state index in [2.05, 4.69) is 25.9 Å². The lowest BCUT2D eigenvalue weighted by Gasteiger charge is -2.07. The van der Waals surface area contributed by atoms with Crippen molar-refractivity contribution >= 4 is 27.5 Å². The minimum Gasteiger partial charge on any atom is -0.306 e. The molecule has 1 heterocycles. The van der Waals surface area contributed by atoms with E-state index in [0.29, 0.717) is 21.0 Å². The van der Waals surface area contributed by atoms with E-state index in [-0.39, 0.29) is 5.56 Å². The predicted molar refractivity (Wildman–Crippen MR) is 88.4 cm³/mol. The largest absolute Gasteiger partial charge is 0.306 e. The van der Waals surface area contributed by atoms with Crippen molar-refractivity contribution in [2.75, 3.05) is 0 Å². The Morgan fingerprint density at radius 2 is 1.71 bits per heavy atom. The molecule has 0 amide bonds. The van der Waals surface area contributed by atoms with Crippen molar-refractivity contribution in [3.05, 3.63) is 74.4 Å². The van der Waals surface area contributed by atoms with Gasteiger partial charge >= 0.3 is 0 Å². The maximum atomic E-state index is 12.1. The zero-order valence-corrected chi connectivity index (χ0v) is 13.1. The fourth-order valence-electron chi connectivity index (χ4n) is 2.02. The maximum absolute atomic E-state index is 12.1. The van der Waals surface area contributed by atoms with Crippen molar-refractivity contribution in [1.29, 1.82) is 0 Å². The summed E-state index contributed by atoms with van der Waals surface area (Å²) in [6.07, 6.45) is 0. The molecule has 1 N–H and O–H groups in total. The molecule has 0 saturated carbocycles. The second-order valence-electron chi connectivity index (χ2n) is 4.45. The molecule has 104 valence electrons. The molecule has 21 heavy (non-hydrogen) atoms. The van der Waals surface area contributed by atoms with Crippen LogP contribution in [-0.2, 0) is 0 Å². The summed E-state index contributed by atoms with van der Waals surface area (Å²) in [5.41, 5.74) is 2.02. The molecule has 0 bridgehead atoms. The molecular formula is C16H10BrClN2O. The summed E-state index contributed by atoms with van der Waals surface area (Å²) >= 11 is 9.30. The van der Waals surface area contributed by atoms with Crippen molar-refractivity contribution in [2.24, 2.45) is 0 Å². The maximum Gasteiger partial charge on any atom is 0.266 e. The number of nitrogens with one attached hydrogen (secondary N) is 1. The van der Waals surface area contributed by atoms with E-state index in [4.69, 9.17) is 11.6 Å². The molecule has 3 nitrogen and oxygen atoms in total. The topological polar surface area (TPSA) is 45.8 Å². The van der Waals surface area contributed by atoms with Gasteiger partial charge in [-0.2, -0.15) is 0 Å². The van der Waals surface area contributed by atoms with Crippen LogP contribution in [0.2, 0.25) is 5.02 Å². The molecule has 2 aromatic carbocycles. The van der Waals surface area contributed by atoms with Crippen LogP contribution in [0.15, 0.2) is 63.9 Å². The smallest absolute Gasteiger partial charge is 0.266 e. The monoisotopic (exact) mass is 360 g/mol. The van der Waals surface area contributed by atoms with Crippen LogP contribution in [-0.4, -0.2) is 9.97 Å². The Bertz CT molecular complexity index is 846. The number of benzene rings is 2. The van der Waals surface area contributed by atoms with Gasteiger partial charge in [0.25, 0.3) is 5.56 Å². The van der Waals surface area contributed by atoms with Gasteiger partial charge in [0.15, 0.2) is 0 Å². The molecular weight excluding hydrogens is 352 g/mol. The third kappa shape index (κ3) is 2.91. The zero-order chi connectivity index (χ0) is 14.8. The zero-order valence-electron chi connectivity index (χ0n) is 10.8. The highest BCUT2D eigenvalue weighted by molar-refractivity contribution is 9.10. The van der Waals surface area contributed by atoms with Crippen LogP contribution in [0.1, 0.15) is 0 Å². The van der Waals surface area contributed by atoms with Gasteiger partial charge < -0.3 is 4.98 Å². The third-order valence-electron chi connectivity index (χ3n) is 3.01. The number of H-pyrrole nitrogens is 1. The first kappa shape index (κ1) is 14.0. The van der Waals surface area contributed by atoms with Crippen molar-refractivity contribution in [3.63, 3.8) is 0 Å². The van der Waals surface area contributed by atoms with Crippen LogP contribution in [0.25, 0.3) is 22.6 Å². The third-order valence-corrected chi connectivity index (χ3v) is 3.98. The molecule has 0 aliphatic carbocycles. The van der Waals surface area contributed by atoms with Crippen molar-refractivity contribution in [1.82, 2.24) is 9.97 Å². The van der Waals surface area contributed by atoms with Gasteiger partial charge in [-0.3, -0.25) is 4.79 Å². The highest BCUT2D eigenvalue weighted by Crippen LogP contribution is 2.26. The minimum atomic E-state index is -0.223. The summed E-state index contributed by atoms with van der Waals surface area (Å²) in [6, 6.07) is 16.8. The van der Waals surface area contributed by atoms with E-state index in [1.54, 1.807) is 12.1 Å². The number of nitrogens with zero attached hydrogens (tertiary/aromatic N) is 1. The lowest BCUT2D eigenvalue weighted by molar-refractivity contribution is 1.11. The number of aromatic amines is 1. The Morgan fingerprint density at radius 3 is 2.43 bits per heavy atom.